The average molecular weight is 256 g/mol. The van der Waals surface area contributed by atoms with E-state index >= 15 is 0 Å². The van der Waals surface area contributed by atoms with E-state index in [1.807, 2.05) is 20.8 Å². The first-order valence-corrected chi connectivity index (χ1v) is 6.29. The minimum atomic E-state index is -0.828. The first-order chi connectivity index (χ1) is 8.40. The Balaban J connectivity index is 4.20. The number of rotatable bonds is 8. The van der Waals surface area contributed by atoms with Crippen molar-refractivity contribution in [3.05, 3.63) is 12.2 Å². The van der Waals surface area contributed by atoms with Gasteiger partial charge in [-0.3, -0.25) is 4.79 Å². The van der Waals surface area contributed by atoms with Crippen LogP contribution in [-0.2, 0) is 4.79 Å². The summed E-state index contributed by atoms with van der Waals surface area (Å²) in [5.74, 6) is -0.847. The summed E-state index contributed by atoms with van der Waals surface area (Å²) < 4.78 is 0. The molecule has 0 spiro atoms. The summed E-state index contributed by atoms with van der Waals surface area (Å²) in [7, 11) is 0. The molecule has 0 aromatic carbocycles. The number of nitrogens with one attached hydrogen (secondary N) is 1. The molecule has 104 valence electrons. The monoisotopic (exact) mass is 256 g/mol. The zero-order valence-corrected chi connectivity index (χ0v) is 11.5. The second-order valence-corrected chi connectivity index (χ2v) is 4.53. The lowest BCUT2D eigenvalue weighted by molar-refractivity contribution is -0.138. The molecule has 0 aromatic heterocycles. The Kier molecular flexibility index (Phi) is 7.83. The van der Waals surface area contributed by atoms with Crippen molar-refractivity contribution >= 4 is 12.0 Å². The molecule has 0 aromatic rings. The number of hydrogen-bond donors (Lipinski definition) is 2. The van der Waals surface area contributed by atoms with Crippen LogP contribution in [0.15, 0.2) is 12.2 Å². The molecule has 0 aliphatic heterocycles. The van der Waals surface area contributed by atoms with Gasteiger partial charge in [0.15, 0.2) is 0 Å². The van der Waals surface area contributed by atoms with Gasteiger partial charge in [0.2, 0.25) is 0 Å². The topological polar surface area (TPSA) is 69.6 Å². The largest absolute Gasteiger partial charge is 0.481 e. The zero-order valence-electron chi connectivity index (χ0n) is 11.5. The molecule has 2 N–H and O–H groups in total. The maximum absolute atomic E-state index is 11.8. The Morgan fingerprint density at radius 3 is 2.39 bits per heavy atom. The van der Waals surface area contributed by atoms with Crippen molar-refractivity contribution < 1.29 is 14.7 Å². The molecule has 0 bridgehead atoms. The normalized spacial score (nSPS) is 11.7. The van der Waals surface area contributed by atoms with Gasteiger partial charge in [0.25, 0.3) is 0 Å². The molecule has 5 nitrogen and oxygen atoms in total. The standard InChI is InChI=1S/C13H24N2O3/c1-5-11(7-12(16)17)8-14-13(18)15(6-2)9-10(3)4/h11H,3,5-9H2,1-2,4H3,(H,14,18)(H,16,17). The van der Waals surface area contributed by atoms with Crippen molar-refractivity contribution in [1.29, 1.82) is 0 Å². The number of amides is 2. The highest BCUT2D eigenvalue weighted by atomic mass is 16.4. The number of nitrogens with zero attached hydrogens (tertiary/aromatic N) is 1. The van der Waals surface area contributed by atoms with E-state index in [0.717, 1.165) is 12.0 Å². The number of carboxylic acids is 1. The van der Waals surface area contributed by atoms with Gasteiger partial charge in [-0.25, -0.2) is 4.79 Å². The van der Waals surface area contributed by atoms with Crippen LogP contribution in [-0.4, -0.2) is 41.6 Å². The first-order valence-electron chi connectivity index (χ1n) is 6.29. The highest BCUT2D eigenvalue weighted by Crippen LogP contribution is 2.07. The van der Waals surface area contributed by atoms with E-state index in [1.165, 1.54) is 0 Å². The van der Waals surface area contributed by atoms with Crippen LogP contribution in [0.1, 0.15) is 33.6 Å². The summed E-state index contributed by atoms with van der Waals surface area (Å²) in [4.78, 5) is 24.1. The fraction of sp³-hybridized carbons (Fsp3) is 0.692. The minimum Gasteiger partial charge on any atom is -0.481 e. The fourth-order valence-corrected chi connectivity index (χ4v) is 1.60. The van der Waals surface area contributed by atoms with Gasteiger partial charge in [0.05, 0.1) is 0 Å². The van der Waals surface area contributed by atoms with Crippen LogP contribution in [0.3, 0.4) is 0 Å². The van der Waals surface area contributed by atoms with Crippen LogP contribution in [0.25, 0.3) is 0 Å². The van der Waals surface area contributed by atoms with Crippen LogP contribution >= 0.6 is 0 Å². The highest BCUT2D eigenvalue weighted by Gasteiger charge is 2.15. The zero-order chi connectivity index (χ0) is 14.1. The first kappa shape index (κ1) is 16.5. The molecular weight excluding hydrogens is 232 g/mol. The van der Waals surface area contributed by atoms with E-state index in [9.17, 15) is 9.59 Å². The molecular formula is C13H24N2O3. The van der Waals surface area contributed by atoms with E-state index < -0.39 is 5.97 Å². The molecule has 0 rings (SSSR count). The number of carboxylic acid groups (broad SMARTS) is 1. The molecule has 18 heavy (non-hydrogen) atoms. The number of aliphatic carboxylic acids is 1. The Hall–Kier alpha value is -1.52. The number of hydrogen-bond acceptors (Lipinski definition) is 2. The van der Waals surface area contributed by atoms with Gasteiger partial charge >= 0.3 is 12.0 Å². The molecule has 1 atom stereocenters. The summed E-state index contributed by atoms with van der Waals surface area (Å²) in [5, 5.41) is 11.5. The molecule has 0 saturated heterocycles. The molecule has 0 aliphatic carbocycles. The van der Waals surface area contributed by atoms with E-state index in [4.69, 9.17) is 5.11 Å². The summed E-state index contributed by atoms with van der Waals surface area (Å²) in [6.45, 7) is 11.0. The smallest absolute Gasteiger partial charge is 0.317 e. The summed E-state index contributed by atoms with van der Waals surface area (Å²) >= 11 is 0. The van der Waals surface area contributed by atoms with Gasteiger partial charge in [0.1, 0.15) is 0 Å². The van der Waals surface area contributed by atoms with Crippen LogP contribution in [0.5, 0.6) is 0 Å². The van der Waals surface area contributed by atoms with Gasteiger partial charge < -0.3 is 15.3 Å². The van der Waals surface area contributed by atoms with E-state index in [2.05, 4.69) is 11.9 Å². The second kappa shape index (κ2) is 8.55. The molecule has 2 amide bonds. The Labute approximate surface area is 109 Å². The molecule has 0 fully saturated rings. The fourth-order valence-electron chi connectivity index (χ4n) is 1.60. The lowest BCUT2D eigenvalue weighted by Crippen LogP contribution is -2.42. The van der Waals surface area contributed by atoms with Crippen molar-refractivity contribution in [2.45, 2.75) is 33.6 Å². The number of carbonyl (C=O) groups excluding carboxylic acids is 1. The van der Waals surface area contributed by atoms with Crippen molar-refractivity contribution in [2.75, 3.05) is 19.6 Å². The molecule has 1 unspecified atom stereocenters. The Morgan fingerprint density at radius 1 is 1.39 bits per heavy atom. The van der Waals surface area contributed by atoms with Crippen molar-refractivity contribution in [3.63, 3.8) is 0 Å². The maximum atomic E-state index is 11.8. The molecule has 0 radical (unpaired) electrons. The lowest BCUT2D eigenvalue weighted by atomic mass is 10.0. The third-order valence-corrected chi connectivity index (χ3v) is 2.71. The third kappa shape index (κ3) is 6.93. The van der Waals surface area contributed by atoms with Crippen molar-refractivity contribution in [1.82, 2.24) is 10.2 Å². The Morgan fingerprint density at radius 2 is 2.00 bits per heavy atom. The molecule has 0 aliphatic rings. The van der Waals surface area contributed by atoms with Gasteiger partial charge in [0, 0.05) is 26.1 Å². The number of carbonyl (C=O) groups is 2. The average Bonchev–Trinajstić information content (AvgIpc) is 2.30. The van der Waals surface area contributed by atoms with Crippen molar-refractivity contribution in [3.8, 4) is 0 Å². The third-order valence-electron chi connectivity index (χ3n) is 2.71. The van der Waals surface area contributed by atoms with Crippen LogP contribution in [0.4, 0.5) is 4.79 Å². The second-order valence-electron chi connectivity index (χ2n) is 4.53. The molecule has 5 heteroatoms. The number of urea groups is 1. The summed E-state index contributed by atoms with van der Waals surface area (Å²) in [6.07, 6.45) is 0.822. The van der Waals surface area contributed by atoms with Gasteiger partial charge in [-0.05, 0) is 19.8 Å². The van der Waals surface area contributed by atoms with Crippen LogP contribution in [0.2, 0.25) is 0 Å². The SMILES string of the molecule is C=C(C)CN(CC)C(=O)NCC(CC)CC(=O)O. The molecule has 0 heterocycles. The quantitative estimate of drug-likeness (QED) is 0.653. The van der Waals surface area contributed by atoms with Crippen LogP contribution < -0.4 is 5.32 Å². The van der Waals surface area contributed by atoms with Gasteiger partial charge in [-0.15, -0.1) is 0 Å². The number of likely N-dealkylation sites (N-methyl/N-ethyl adjacent to an activating group) is 1. The van der Waals surface area contributed by atoms with E-state index in [1.54, 1.807) is 4.90 Å². The summed E-state index contributed by atoms with van der Waals surface area (Å²) in [6, 6.07) is -0.163. The van der Waals surface area contributed by atoms with Gasteiger partial charge in [-0.1, -0.05) is 25.5 Å². The van der Waals surface area contributed by atoms with E-state index in [0.29, 0.717) is 19.6 Å². The lowest BCUT2D eigenvalue weighted by Gasteiger charge is -2.23. The van der Waals surface area contributed by atoms with E-state index in [-0.39, 0.29) is 18.4 Å². The predicted molar refractivity (Wildman–Crippen MR) is 71.5 cm³/mol. The predicted octanol–water partition coefficient (Wildman–Crippen LogP) is 2.09. The highest BCUT2D eigenvalue weighted by molar-refractivity contribution is 5.74. The van der Waals surface area contributed by atoms with Gasteiger partial charge in [-0.2, -0.15) is 0 Å². The molecule has 0 saturated carbocycles. The Bertz CT molecular complexity index is 303. The van der Waals surface area contributed by atoms with Crippen molar-refractivity contribution in [2.24, 2.45) is 5.92 Å². The summed E-state index contributed by atoms with van der Waals surface area (Å²) in [5.41, 5.74) is 0.921. The maximum Gasteiger partial charge on any atom is 0.317 e. The minimum absolute atomic E-state index is 0.0185. The van der Waals surface area contributed by atoms with Crippen LogP contribution in [0, 0.1) is 5.92 Å².